The zero-order valence-electron chi connectivity index (χ0n) is 13.6. The number of amides is 1. The van der Waals surface area contributed by atoms with Crippen molar-refractivity contribution in [3.8, 4) is 11.3 Å². The molecule has 9 nitrogen and oxygen atoms in total. The van der Waals surface area contributed by atoms with Gasteiger partial charge in [0, 0.05) is 43.4 Å². The summed E-state index contributed by atoms with van der Waals surface area (Å²) in [6.45, 7) is 1.81. The van der Waals surface area contributed by atoms with Gasteiger partial charge in [-0.3, -0.25) is 4.79 Å². The van der Waals surface area contributed by atoms with E-state index in [1.807, 2.05) is 0 Å². The fourth-order valence-electron chi connectivity index (χ4n) is 3.03. The molecule has 0 radical (unpaired) electrons. The molecule has 0 unspecified atom stereocenters. The minimum atomic E-state index is -0.564. The molecular formula is C16H18N8O. The number of anilines is 2. The topological polar surface area (TPSA) is 128 Å². The maximum atomic E-state index is 11.5. The van der Waals surface area contributed by atoms with Gasteiger partial charge < -0.3 is 20.8 Å². The quantitative estimate of drug-likeness (QED) is 0.724. The Morgan fingerprint density at radius 2 is 1.76 bits per heavy atom. The average Bonchev–Trinajstić information content (AvgIpc) is 3.07. The van der Waals surface area contributed by atoms with E-state index in [1.165, 1.54) is 6.42 Å². The number of primary amides is 1. The van der Waals surface area contributed by atoms with Crippen LogP contribution < -0.4 is 16.4 Å². The molecular weight excluding hydrogens is 320 g/mol. The molecule has 4 N–H and O–H groups in total. The molecule has 1 amide bonds. The highest BCUT2D eigenvalue weighted by Gasteiger charge is 2.20. The molecule has 1 aliphatic rings. The molecule has 0 spiro atoms. The van der Waals surface area contributed by atoms with E-state index < -0.39 is 5.91 Å². The molecule has 1 saturated heterocycles. The van der Waals surface area contributed by atoms with Crippen LogP contribution in [0.15, 0.2) is 24.8 Å². The van der Waals surface area contributed by atoms with Gasteiger partial charge in [0.1, 0.15) is 5.69 Å². The van der Waals surface area contributed by atoms with Crippen molar-refractivity contribution in [3.05, 3.63) is 30.5 Å². The molecule has 0 bridgehead atoms. The van der Waals surface area contributed by atoms with E-state index in [9.17, 15) is 4.79 Å². The minimum absolute atomic E-state index is 0.208. The number of nitrogens with zero attached hydrogens (tertiary/aromatic N) is 6. The molecule has 3 aromatic rings. The second-order valence-corrected chi connectivity index (χ2v) is 6.05. The first-order chi connectivity index (χ1) is 12.1. The third-order valence-electron chi connectivity index (χ3n) is 4.30. The number of hydrogen-bond acceptors (Lipinski definition) is 7. The number of imidazole rings is 1. The Kier molecular flexibility index (Phi) is 3.68. The van der Waals surface area contributed by atoms with Gasteiger partial charge in [-0.15, -0.1) is 0 Å². The zero-order chi connectivity index (χ0) is 17.4. The van der Waals surface area contributed by atoms with Gasteiger partial charge in [0.2, 0.25) is 5.95 Å². The first kappa shape index (κ1) is 15.3. The first-order valence-corrected chi connectivity index (χ1v) is 8.14. The van der Waals surface area contributed by atoms with Gasteiger partial charge in [0.15, 0.2) is 11.5 Å². The second kappa shape index (κ2) is 6.00. The highest BCUT2D eigenvalue weighted by molar-refractivity contribution is 5.92. The van der Waals surface area contributed by atoms with E-state index in [-0.39, 0.29) is 11.6 Å². The van der Waals surface area contributed by atoms with Gasteiger partial charge in [-0.2, -0.15) is 0 Å². The van der Waals surface area contributed by atoms with Gasteiger partial charge in [-0.25, -0.2) is 19.9 Å². The number of nitrogen functional groups attached to an aromatic ring is 1. The minimum Gasteiger partial charge on any atom is -0.368 e. The van der Waals surface area contributed by atoms with Crippen LogP contribution in [0.4, 0.5) is 11.8 Å². The van der Waals surface area contributed by atoms with Crippen LogP contribution in [0.5, 0.6) is 0 Å². The van der Waals surface area contributed by atoms with Crippen molar-refractivity contribution in [3.63, 3.8) is 0 Å². The molecule has 1 aliphatic heterocycles. The Bertz CT molecular complexity index is 927. The van der Waals surface area contributed by atoms with Gasteiger partial charge in [0.05, 0.1) is 5.69 Å². The molecule has 0 atom stereocenters. The van der Waals surface area contributed by atoms with E-state index in [2.05, 4.69) is 19.9 Å². The van der Waals surface area contributed by atoms with E-state index in [0.717, 1.165) is 37.3 Å². The Hall–Kier alpha value is -3.23. The summed E-state index contributed by atoms with van der Waals surface area (Å²) < 4.78 is 1.78. The number of aromatic nitrogens is 5. The summed E-state index contributed by atoms with van der Waals surface area (Å²) in [5.74, 6) is 0.381. The summed E-state index contributed by atoms with van der Waals surface area (Å²) in [7, 11) is 0. The lowest BCUT2D eigenvalue weighted by molar-refractivity contribution is 0.0996. The van der Waals surface area contributed by atoms with Gasteiger partial charge in [-0.1, -0.05) is 0 Å². The summed E-state index contributed by atoms with van der Waals surface area (Å²) in [6, 6.07) is 0. The Morgan fingerprint density at radius 3 is 2.44 bits per heavy atom. The van der Waals surface area contributed by atoms with Crippen LogP contribution in [0.25, 0.3) is 16.9 Å². The summed E-state index contributed by atoms with van der Waals surface area (Å²) >= 11 is 0. The molecule has 0 aromatic carbocycles. The van der Waals surface area contributed by atoms with Crippen LogP contribution in [0, 0.1) is 0 Å². The van der Waals surface area contributed by atoms with Crippen LogP contribution >= 0.6 is 0 Å². The average molecular weight is 338 g/mol. The lowest BCUT2D eigenvalue weighted by atomic mass is 10.1. The van der Waals surface area contributed by atoms with E-state index >= 15 is 0 Å². The molecule has 3 aromatic heterocycles. The Labute approximate surface area is 143 Å². The highest BCUT2D eigenvalue weighted by atomic mass is 16.1. The van der Waals surface area contributed by atoms with Crippen molar-refractivity contribution in [2.45, 2.75) is 19.3 Å². The number of piperidine rings is 1. The molecule has 128 valence electrons. The number of rotatable bonds is 3. The molecule has 4 heterocycles. The number of carbonyl (C=O) groups excluding carboxylic acids is 1. The van der Waals surface area contributed by atoms with E-state index in [4.69, 9.17) is 16.5 Å². The molecule has 9 heteroatoms. The maximum Gasteiger partial charge on any atom is 0.268 e. The summed E-state index contributed by atoms with van der Waals surface area (Å²) in [5.41, 5.74) is 13.2. The van der Waals surface area contributed by atoms with Gasteiger partial charge in [-0.05, 0) is 19.3 Å². The highest BCUT2D eigenvalue weighted by Crippen LogP contribution is 2.26. The standard InChI is InChI=1S/C16H18N8O/c17-13(25)12-9-24-8-11(10-6-19-16(18)20-7-10)21-14(15(24)22-12)23-4-2-1-3-5-23/h6-9H,1-5H2,(H2,17,25)(H2,18,19,20). The fourth-order valence-corrected chi connectivity index (χ4v) is 3.03. The lowest BCUT2D eigenvalue weighted by Crippen LogP contribution is -2.30. The molecule has 0 saturated carbocycles. The normalized spacial score (nSPS) is 14.8. The maximum absolute atomic E-state index is 11.5. The van der Waals surface area contributed by atoms with Crippen LogP contribution in [0.2, 0.25) is 0 Å². The zero-order valence-corrected chi connectivity index (χ0v) is 13.6. The number of carbonyl (C=O) groups is 1. The summed E-state index contributed by atoms with van der Waals surface area (Å²) in [4.78, 5) is 30.9. The number of fused-ring (bicyclic) bond motifs is 1. The van der Waals surface area contributed by atoms with Crippen molar-refractivity contribution >= 4 is 23.3 Å². The van der Waals surface area contributed by atoms with Crippen molar-refractivity contribution in [1.82, 2.24) is 24.3 Å². The predicted molar refractivity (Wildman–Crippen MR) is 93.0 cm³/mol. The Balaban J connectivity index is 1.89. The number of nitrogens with two attached hydrogens (primary N) is 2. The molecule has 1 fully saturated rings. The van der Waals surface area contributed by atoms with Crippen molar-refractivity contribution < 1.29 is 4.79 Å². The van der Waals surface area contributed by atoms with Crippen molar-refractivity contribution in [2.24, 2.45) is 5.73 Å². The first-order valence-electron chi connectivity index (χ1n) is 8.14. The largest absolute Gasteiger partial charge is 0.368 e. The lowest BCUT2D eigenvalue weighted by Gasteiger charge is -2.28. The second-order valence-electron chi connectivity index (χ2n) is 6.05. The van der Waals surface area contributed by atoms with Gasteiger partial charge in [0.25, 0.3) is 5.91 Å². The summed E-state index contributed by atoms with van der Waals surface area (Å²) in [5, 5.41) is 0. The fraction of sp³-hybridized carbons (Fsp3) is 0.312. The molecule has 4 rings (SSSR count). The van der Waals surface area contributed by atoms with Crippen LogP contribution in [0.3, 0.4) is 0 Å². The van der Waals surface area contributed by atoms with Crippen LogP contribution in [0.1, 0.15) is 29.8 Å². The van der Waals surface area contributed by atoms with Gasteiger partial charge >= 0.3 is 0 Å². The third kappa shape index (κ3) is 2.84. The predicted octanol–water partition coefficient (Wildman–Crippen LogP) is 0.858. The SMILES string of the molecule is NC(=O)c1cn2cc(-c3cnc(N)nc3)nc(N3CCCCC3)c2n1. The summed E-state index contributed by atoms with van der Waals surface area (Å²) in [6.07, 6.45) is 10.1. The van der Waals surface area contributed by atoms with Crippen LogP contribution in [-0.4, -0.2) is 43.3 Å². The van der Waals surface area contributed by atoms with Crippen LogP contribution in [-0.2, 0) is 0 Å². The van der Waals surface area contributed by atoms with Crippen molar-refractivity contribution in [1.29, 1.82) is 0 Å². The third-order valence-corrected chi connectivity index (χ3v) is 4.30. The molecule has 0 aliphatic carbocycles. The van der Waals surface area contributed by atoms with E-state index in [1.54, 1.807) is 29.2 Å². The van der Waals surface area contributed by atoms with Crippen molar-refractivity contribution in [2.75, 3.05) is 23.7 Å². The molecule has 25 heavy (non-hydrogen) atoms. The number of hydrogen-bond donors (Lipinski definition) is 2. The Morgan fingerprint density at radius 1 is 1.04 bits per heavy atom. The monoisotopic (exact) mass is 338 g/mol. The smallest absolute Gasteiger partial charge is 0.268 e. The van der Waals surface area contributed by atoms with E-state index in [0.29, 0.717) is 11.3 Å².